The minimum Gasteiger partial charge on any atom is -0.334 e. The van der Waals surface area contributed by atoms with Crippen LogP contribution in [0.1, 0.15) is 46.0 Å². The van der Waals surface area contributed by atoms with Gasteiger partial charge in [0.15, 0.2) is 0 Å². The van der Waals surface area contributed by atoms with Crippen LogP contribution in [0.3, 0.4) is 0 Å². The number of carbonyl (C=O) groups excluding carboxylic acids is 1. The maximum Gasteiger partial charge on any atom is 0.278 e. The molecule has 0 rings (SSSR count). The van der Waals surface area contributed by atoms with Crippen LogP contribution in [0, 0.1) is 0 Å². The average molecular weight is 203 g/mol. The van der Waals surface area contributed by atoms with Crippen molar-refractivity contribution in [2.75, 3.05) is 13.1 Å². The van der Waals surface area contributed by atoms with E-state index in [-0.39, 0.29) is 5.24 Å². The molecular formula is C10H21NOS. The molecule has 0 aromatic rings. The lowest BCUT2D eigenvalue weighted by Gasteiger charge is -2.19. The minimum atomic E-state index is -0.0849. The van der Waals surface area contributed by atoms with Gasteiger partial charge in [-0.3, -0.25) is 4.79 Å². The molecule has 0 heterocycles. The normalized spacial score (nSPS) is 10.1. The maximum atomic E-state index is 11.0. The molecule has 0 N–H and O–H groups in total. The standard InChI is InChI=1S/C10H21NOS/c1-3-5-6-7-9-11(8-4-2)10(12)13/h3-9H2,1-2H3,(H,12,13). The first-order valence-electron chi connectivity index (χ1n) is 5.20. The van der Waals surface area contributed by atoms with Gasteiger partial charge in [0.25, 0.3) is 5.24 Å². The zero-order valence-corrected chi connectivity index (χ0v) is 9.65. The Labute approximate surface area is 87.1 Å². The molecule has 0 aromatic carbocycles. The first-order valence-corrected chi connectivity index (χ1v) is 5.65. The van der Waals surface area contributed by atoms with Gasteiger partial charge in [0, 0.05) is 13.1 Å². The van der Waals surface area contributed by atoms with Crippen molar-refractivity contribution in [3.05, 3.63) is 0 Å². The van der Waals surface area contributed by atoms with Gasteiger partial charge in [-0.1, -0.05) is 45.7 Å². The molecule has 3 heteroatoms. The van der Waals surface area contributed by atoms with Gasteiger partial charge in [0.05, 0.1) is 0 Å². The third kappa shape index (κ3) is 6.94. The Hall–Kier alpha value is -0.180. The second-order valence-electron chi connectivity index (χ2n) is 3.33. The quantitative estimate of drug-likeness (QED) is 0.497. The molecule has 0 saturated heterocycles. The third-order valence-corrected chi connectivity index (χ3v) is 2.33. The van der Waals surface area contributed by atoms with Gasteiger partial charge >= 0.3 is 0 Å². The number of hydrogen-bond acceptors (Lipinski definition) is 1. The van der Waals surface area contributed by atoms with Crippen molar-refractivity contribution in [1.29, 1.82) is 0 Å². The van der Waals surface area contributed by atoms with Gasteiger partial charge in [-0.15, -0.1) is 0 Å². The summed E-state index contributed by atoms with van der Waals surface area (Å²) in [4.78, 5) is 12.8. The smallest absolute Gasteiger partial charge is 0.278 e. The molecular weight excluding hydrogens is 182 g/mol. The summed E-state index contributed by atoms with van der Waals surface area (Å²) in [7, 11) is 0. The van der Waals surface area contributed by atoms with Crippen molar-refractivity contribution in [2.45, 2.75) is 46.0 Å². The highest BCUT2D eigenvalue weighted by Gasteiger charge is 2.06. The molecule has 0 radical (unpaired) electrons. The van der Waals surface area contributed by atoms with E-state index in [0.717, 1.165) is 25.9 Å². The molecule has 0 aliphatic heterocycles. The van der Waals surface area contributed by atoms with E-state index >= 15 is 0 Å². The maximum absolute atomic E-state index is 11.0. The summed E-state index contributed by atoms with van der Waals surface area (Å²) in [6, 6.07) is 0. The van der Waals surface area contributed by atoms with Crippen molar-refractivity contribution >= 4 is 17.9 Å². The number of rotatable bonds is 7. The number of thiol groups is 1. The Balaban J connectivity index is 3.51. The van der Waals surface area contributed by atoms with Gasteiger partial charge in [-0.2, -0.15) is 0 Å². The topological polar surface area (TPSA) is 20.3 Å². The van der Waals surface area contributed by atoms with Crippen molar-refractivity contribution in [1.82, 2.24) is 4.90 Å². The predicted molar refractivity (Wildman–Crippen MR) is 60.4 cm³/mol. The van der Waals surface area contributed by atoms with Crippen molar-refractivity contribution < 1.29 is 4.79 Å². The number of hydrogen-bond donors (Lipinski definition) is 1. The molecule has 1 amide bonds. The third-order valence-electron chi connectivity index (χ3n) is 2.05. The summed E-state index contributed by atoms with van der Waals surface area (Å²) in [5.74, 6) is 0. The molecule has 0 saturated carbocycles. The van der Waals surface area contributed by atoms with E-state index in [1.165, 1.54) is 19.3 Å². The zero-order valence-electron chi connectivity index (χ0n) is 8.75. The highest BCUT2D eigenvalue weighted by atomic mass is 32.1. The Bertz CT molecular complexity index is 139. The fraction of sp³-hybridized carbons (Fsp3) is 0.900. The lowest BCUT2D eigenvalue weighted by atomic mass is 10.2. The molecule has 0 bridgehead atoms. The average Bonchev–Trinajstić information content (AvgIpc) is 2.10. The van der Waals surface area contributed by atoms with Crippen LogP contribution in [0.5, 0.6) is 0 Å². The molecule has 0 atom stereocenters. The summed E-state index contributed by atoms with van der Waals surface area (Å²) >= 11 is 3.84. The van der Waals surface area contributed by atoms with E-state index in [2.05, 4.69) is 26.5 Å². The summed E-state index contributed by atoms with van der Waals surface area (Å²) in [5.41, 5.74) is 0. The minimum absolute atomic E-state index is 0.0849. The Morgan fingerprint density at radius 1 is 1.08 bits per heavy atom. The van der Waals surface area contributed by atoms with Crippen LogP contribution in [0.25, 0.3) is 0 Å². The molecule has 13 heavy (non-hydrogen) atoms. The molecule has 0 fully saturated rings. The van der Waals surface area contributed by atoms with Gasteiger partial charge in [0.1, 0.15) is 0 Å². The molecule has 0 aliphatic carbocycles. The van der Waals surface area contributed by atoms with Gasteiger partial charge < -0.3 is 4.90 Å². The molecule has 2 nitrogen and oxygen atoms in total. The molecule has 78 valence electrons. The van der Waals surface area contributed by atoms with Crippen LogP contribution >= 0.6 is 12.6 Å². The van der Waals surface area contributed by atoms with E-state index in [1.807, 2.05) is 4.90 Å². The molecule has 0 aromatic heterocycles. The van der Waals surface area contributed by atoms with Crippen LogP contribution in [-0.4, -0.2) is 23.2 Å². The van der Waals surface area contributed by atoms with Crippen LogP contribution in [0.4, 0.5) is 4.79 Å². The van der Waals surface area contributed by atoms with Gasteiger partial charge in [0.2, 0.25) is 0 Å². The van der Waals surface area contributed by atoms with E-state index in [1.54, 1.807) is 0 Å². The van der Waals surface area contributed by atoms with Crippen molar-refractivity contribution in [3.8, 4) is 0 Å². The zero-order chi connectivity index (χ0) is 10.1. The summed E-state index contributed by atoms with van der Waals surface area (Å²) in [6.45, 7) is 5.98. The van der Waals surface area contributed by atoms with E-state index in [0.29, 0.717) is 0 Å². The number of carbonyl (C=O) groups is 1. The lowest BCUT2D eigenvalue weighted by molar-refractivity contribution is 0.222. The highest BCUT2D eigenvalue weighted by molar-refractivity contribution is 7.96. The van der Waals surface area contributed by atoms with E-state index in [4.69, 9.17) is 0 Å². The van der Waals surface area contributed by atoms with Crippen LogP contribution < -0.4 is 0 Å². The summed E-state index contributed by atoms with van der Waals surface area (Å²) < 4.78 is 0. The fourth-order valence-corrected chi connectivity index (χ4v) is 1.50. The highest BCUT2D eigenvalue weighted by Crippen LogP contribution is 2.04. The number of unbranched alkanes of at least 4 members (excludes halogenated alkanes) is 3. The predicted octanol–water partition coefficient (Wildman–Crippen LogP) is 3.33. The second-order valence-corrected chi connectivity index (χ2v) is 3.71. The van der Waals surface area contributed by atoms with E-state index in [9.17, 15) is 4.79 Å². The van der Waals surface area contributed by atoms with Crippen LogP contribution in [-0.2, 0) is 0 Å². The van der Waals surface area contributed by atoms with Gasteiger partial charge in [-0.25, -0.2) is 0 Å². The Kier molecular flexibility index (Phi) is 8.30. The van der Waals surface area contributed by atoms with Crippen molar-refractivity contribution in [3.63, 3.8) is 0 Å². The summed E-state index contributed by atoms with van der Waals surface area (Å²) in [6.07, 6.45) is 5.85. The summed E-state index contributed by atoms with van der Waals surface area (Å²) in [5, 5.41) is -0.0849. The monoisotopic (exact) mass is 203 g/mol. The van der Waals surface area contributed by atoms with Gasteiger partial charge in [-0.05, 0) is 12.8 Å². The molecule has 0 spiro atoms. The van der Waals surface area contributed by atoms with Crippen LogP contribution in [0.15, 0.2) is 0 Å². The number of amides is 1. The fourth-order valence-electron chi connectivity index (χ4n) is 1.30. The Morgan fingerprint density at radius 2 is 1.77 bits per heavy atom. The SMILES string of the molecule is CCCCCCN(CCC)C(=O)S. The first-order chi connectivity index (χ1) is 6.22. The first kappa shape index (κ1) is 12.8. The molecule has 0 aliphatic rings. The second kappa shape index (κ2) is 8.42. The lowest BCUT2D eigenvalue weighted by Crippen LogP contribution is -2.28. The Morgan fingerprint density at radius 3 is 2.23 bits per heavy atom. The van der Waals surface area contributed by atoms with Crippen molar-refractivity contribution in [2.24, 2.45) is 0 Å². The number of nitrogens with zero attached hydrogens (tertiary/aromatic N) is 1. The van der Waals surface area contributed by atoms with E-state index < -0.39 is 0 Å². The molecule has 0 unspecified atom stereocenters. The van der Waals surface area contributed by atoms with Crippen LogP contribution in [0.2, 0.25) is 0 Å². The largest absolute Gasteiger partial charge is 0.334 e.